The molecule has 1 unspecified atom stereocenters. The van der Waals surface area contributed by atoms with Gasteiger partial charge in [0.2, 0.25) is 0 Å². The summed E-state index contributed by atoms with van der Waals surface area (Å²) < 4.78 is 1.18. The Morgan fingerprint density at radius 2 is 2.00 bits per heavy atom. The summed E-state index contributed by atoms with van der Waals surface area (Å²) in [6.07, 6.45) is 1.09. The molecule has 0 amide bonds. The second kappa shape index (κ2) is 6.94. The van der Waals surface area contributed by atoms with Gasteiger partial charge in [0.15, 0.2) is 0 Å². The molecule has 0 saturated carbocycles. The minimum atomic E-state index is 0.286. The Hall–Kier alpha value is -2.44. The highest BCUT2D eigenvalue weighted by Crippen LogP contribution is 2.37. The summed E-state index contributed by atoms with van der Waals surface area (Å²) in [7, 11) is 0. The molecule has 0 aliphatic carbocycles. The van der Waals surface area contributed by atoms with Gasteiger partial charge in [-0.15, -0.1) is 23.1 Å². The van der Waals surface area contributed by atoms with Crippen molar-refractivity contribution in [2.24, 2.45) is 0 Å². The van der Waals surface area contributed by atoms with Crippen molar-refractivity contribution in [3.05, 3.63) is 65.4 Å². The molecule has 5 rings (SSSR count). The number of benzene rings is 2. The molecule has 6 heteroatoms. The van der Waals surface area contributed by atoms with Crippen LogP contribution in [0.2, 0.25) is 0 Å². The van der Waals surface area contributed by atoms with Crippen LogP contribution in [0.3, 0.4) is 0 Å². The number of hydrogen-bond acceptors (Lipinski definition) is 6. The van der Waals surface area contributed by atoms with Crippen LogP contribution in [0.4, 0.5) is 5.82 Å². The summed E-state index contributed by atoms with van der Waals surface area (Å²) in [5.41, 5.74) is 6.31. The molecule has 1 N–H and O–H groups in total. The molecule has 0 spiro atoms. The summed E-state index contributed by atoms with van der Waals surface area (Å²) in [4.78, 5) is 15.0. The lowest BCUT2D eigenvalue weighted by atomic mass is 10.0. The lowest BCUT2D eigenvalue weighted by molar-refractivity contribution is 0.723. The van der Waals surface area contributed by atoms with Crippen LogP contribution < -0.4 is 5.32 Å². The lowest BCUT2D eigenvalue weighted by Crippen LogP contribution is -2.17. The minimum Gasteiger partial charge on any atom is -0.363 e. The molecule has 4 nitrogen and oxygen atoms in total. The average molecular weight is 391 g/mol. The van der Waals surface area contributed by atoms with Gasteiger partial charge in [-0.3, -0.25) is 0 Å². The molecule has 2 aromatic heterocycles. The molecular weight excluding hydrogens is 372 g/mol. The van der Waals surface area contributed by atoms with E-state index in [4.69, 9.17) is 0 Å². The Labute approximate surface area is 166 Å². The Bertz CT molecular complexity index is 1120. The Kier molecular flexibility index (Phi) is 4.30. The normalized spacial score (nSPS) is 16.3. The molecule has 1 atom stereocenters. The molecule has 3 heterocycles. The van der Waals surface area contributed by atoms with Crippen LogP contribution in [0.15, 0.2) is 58.9 Å². The molecule has 27 heavy (non-hydrogen) atoms. The summed E-state index contributed by atoms with van der Waals surface area (Å²) in [5, 5.41) is 3.65. The Balaban J connectivity index is 1.49. The molecule has 1 aliphatic rings. The first-order valence-corrected chi connectivity index (χ1v) is 10.8. The highest BCUT2D eigenvalue weighted by Gasteiger charge is 2.21. The van der Waals surface area contributed by atoms with Gasteiger partial charge >= 0.3 is 0 Å². The van der Waals surface area contributed by atoms with Crippen LogP contribution >= 0.6 is 23.1 Å². The number of thiazole rings is 1. The third-order valence-corrected chi connectivity index (χ3v) is 6.66. The quantitative estimate of drug-likeness (QED) is 0.485. The maximum Gasteiger partial charge on any atom is 0.130 e. The number of rotatable bonds is 3. The maximum absolute atomic E-state index is 4.66. The van der Waals surface area contributed by atoms with Gasteiger partial charge in [0.25, 0.3) is 0 Å². The van der Waals surface area contributed by atoms with Gasteiger partial charge in [0.1, 0.15) is 11.6 Å². The van der Waals surface area contributed by atoms with Crippen molar-refractivity contribution in [3.63, 3.8) is 0 Å². The zero-order valence-corrected chi connectivity index (χ0v) is 16.5. The predicted molar refractivity (Wildman–Crippen MR) is 114 cm³/mol. The van der Waals surface area contributed by atoms with E-state index in [2.05, 4.69) is 68.8 Å². The molecule has 2 aromatic carbocycles. The summed E-state index contributed by atoms with van der Waals surface area (Å²) in [5.74, 6) is 2.78. The predicted octanol–water partition coefficient (Wildman–Crippen LogP) is 5.71. The van der Waals surface area contributed by atoms with Crippen molar-refractivity contribution in [1.82, 2.24) is 15.0 Å². The average Bonchev–Trinajstić information content (AvgIpc) is 3.16. The molecule has 0 fully saturated rings. The largest absolute Gasteiger partial charge is 0.363 e. The molecule has 0 saturated heterocycles. The van der Waals surface area contributed by atoms with E-state index < -0.39 is 0 Å². The molecule has 0 radical (unpaired) electrons. The van der Waals surface area contributed by atoms with Gasteiger partial charge in [-0.25, -0.2) is 15.0 Å². The summed E-state index contributed by atoms with van der Waals surface area (Å²) >= 11 is 3.58. The van der Waals surface area contributed by atoms with Crippen LogP contribution in [0.5, 0.6) is 0 Å². The van der Waals surface area contributed by atoms with Crippen molar-refractivity contribution in [3.8, 4) is 11.3 Å². The second-order valence-corrected chi connectivity index (χ2v) is 8.62. The first-order chi connectivity index (χ1) is 13.3. The van der Waals surface area contributed by atoms with Gasteiger partial charge in [-0.1, -0.05) is 24.3 Å². The standard InChI is InChI=1S/C21H18N4S2/c1-13-23-18(14-6-7-17-20(10-14)27-12-22-17)11-21(24-13)25-16-8-9-26-19-5-3-2-4-15(16)19/h2-7,10-12,16H,8-9H2,1H3,(H,23,24,25). The Morgan fingerprint density at radius 1 is 1.07 bits per heavy atom. The highest BCUT2D eigenvalue weighted by molar-refractivity contribution is 7.99. The van der Waals surface area contributed by atoms with Crippen LogP contribution in [-0.4, -0.2) is 20.7 Å². The first kappa shape index (κ1) is 16.7. The maximum atomic E-state index is 4.66. The van der Waals surface area contributed by atoms with Crippen molar-refractivity contribution in [2.45, 2.75) is 24.3 Å². The number of nitrogens with one attached hydrogen (secondary N) is 1. The number of aryl methyl sites for hydroxylation is 1. The van der Waals surface area contributed by atoms with E-state index in [9.17, 15) is 0 Å². The molecular formula is C21H18N4S2. The third kappa shape index (κ3) is 3.31. The SMILES string of the molecule is Cc1nc(NC2CCSc3ccccc32)cc(-c2ccc3ncsc3c2)n1. The molecule has 4 aromatic rings. The van der Waals surface area contributed by atoms with E-state index in [1.807, 2.05) is 24.2 Å². The first-order valence-electron chi connectivity index (χ1n) is 8.94. The topological polar surface area (TPSA) is 50.7 Å². The van der Waals surface area contributed by atoms with Gasteiger partial charge in [0.05, 0.1) is 27.5 Å². The van der Waals surface area contributed by atoms with Gasteiger partial charge < -0.3 is 5.32 Å². The smallest absolute Gasteiger partial charge is 0.130 e. The summed E-state index contributed by atoms with van der Waals surface area (Å²) in [6.45, 7) is 1.95. The van der Waals surface area contributed by atoms with Crippen LogP contribution in [0.25, 0.3) is 21.5 Å². The lowest BCUT2D eigenvalue weighted by Gasteiger charge is -2.26. The van der Waals surface area contributed by atoms with E-state index in [0.717, 1.165) is 40.6 Å². The zero-order valence-electron chi connectivity index (χ0n) is 14.8. The van der Waals surface area contributed by atoms with E-state index >= 15 is 0 Å². The van der Waals surface area contributed by atoms with Crippen molar-refractivity contribution in [1.29, 1.82) is 0 Å². The van der Waals surface area contributed by atoms with Crippen molar-refractivity contribution < 1.29 is 0 Å². The van der Waals surface area contributed by atoms with Crippen molar-refractivity contribution in [2.75, 3.05) is 11.1 Å². The highest BCUT2D eigenvalue weighted by atomic mass is 32.2. The number of nitrogens with zero attached hydrogens (tertiary/aromatic N) is 3. The molecule has 1 aliphatic heterocycles. The molecule has 134 valence electrons. The fraction of sp³-hybridized carbons (Fsp3) is 0.190. The number of thioether (sulfide) groups is 1. The van der Waals surface area contributed by atoms with E-state index in [0.29, 0.717) is 0 Å². The minimum absolute atomic E-state index is 0.286. The van der Waals surface area contributed by atoms with E-state index in [1.165, 1.54) is 15.2 Å². The Morgan fingerprint density at radius 3 is 2.96 bits per heavy atom. The van der Waals surface area contributed by atoms with E-state index in [-0.39, 0.29) is 6.04 Å². The van der Waals surface area contributed by atoms with Crippen LogP contribution in [0.1, 0.15) is 23.9 Å². The number of anilines is 1. The van der Waals surface area contributed by atoms with Gasteiger partial charge in [0, 0.05) is 22.3 Å². The third-order valence-electron chi connectivity index (χ3n) is 4.75. The number of hydrogen-bond donors (Lipinski definition) is 1. The van der Waals surface area contributed by atoms with E-state index in [1.54, 1.807) is 11.3 Å². The summed E-state index contributed by atoms with van der Waals surface area (Å²) in [6, 6.07) is 17.3. The van der Waals surface area contributed by atoms with Crippen molar-refractivity contribution >= 4 is 39.1 Å². The zero-order chi connectivity index (χ0) is 18.2. The monoisotopic (exact) mass is 390 g/mol. The van der Waals surface area contributed by atoms with Gasteiger partial charge in [-0.2, -0.15) is 0 Å². The van der Waals surface area contributed by atoms with Crippen LogP contribution in [-0.2, 0) is 0 Å². The molecule has 0 bridgehead atoms. The van der Waals surface area contributed by atoms with Gasteiger partial charge in [-0.05, 0) is 37.1 Å². The second-order valence-electron chi connectivity index (χ2n) is 6.59. The fourth-order valence-corrected chi connectivity index (χ4v) is 5.32. The number of fused-ring (bicyclic) bond motifs is 2. The van der Waals surface area contributed by atoms with Crippen LogP contribution in [0, 0.1) is 6.92 Å². The fourth-order valence-electron chi connectivity index (χ4n) is 3.47. The number of aromatic nitrogens is 3.